The maximum absolute atomic E-state index is 12.9. The van der Waals surface area contributed by atoms with Crippen LogP contribution in [0.25, 0.3) is 0 Å². The van der Waals surface area contributed by atoms with E-state index in [0.29, 0.717) is 26.3 Å². The Kier molecular flexibility index (Phi) is 5.95. The van der Waals surface area contributed by atoms with Crippen molar-refractivity contribution >= 4 is 11.7 Å². The van der Waals surface area contributed by atoms with Gasteiger partial charge in [-0.15, -0.1) is 4.65 Å². The summed E-state index contributed by atoms with van der Waals surface area (Å²) in [6, 6.07) is 25.4. The number of aromatic nitrogens is 1. The monoisotopic (exact) mass is 390 g/mol. The zero-order valence-electron chi connectivity index (χ0n) is 16.2. The lowest BCUT2D eigenvalue weighted by Gasteiger charge is -2.39. The molecular formula is C23H24N3O3+. The van der Waals surface area contributed by atoms with Gasteiger partial charge in [-0.2, -0.15) is 4.84 Å². The molecule has 6 heteroatoms. The first kappa shape index (κ1) is 19.3. The molecule has 1 aliphatic heterocycles. The van der Waals surface area contributed by atoms with Crippen molar-refractivity contribution in [2.45, 2.75) is 13.2 Å². The predicted octanol–water partition coefficient (Wildman–Crippen LogP) is 3.49. The molecule has 0 saturated carbocycles. The minimum Gasteiger partial charge on any atom is -0.266 e. The van der Waals surface area contributed by atoms with Crippen molar-refractivity contribution in [3.05, 3.63) is 96.2 Å². The second-order valence-electron chi connectivity index (χ2n) is 6.97. The Hall–Kier alpha value is -3.06. The van der Waals surface area contributed by atoms with E-state index in [2.05, 4.69) is 4.98 Å². The molecule has 2 heterocycles. The third kappa shape index (κ3) is 4.68. The minimum absolute atomic E-state index is 0.0553. The van der Waals surface area contributed by atoms with Crippen LogP contribution in [-0.2, 0) is 27.7 Å². The second-order valence-corrected chi connectivity index (χ2v) is 6.97. The highest BCUT2D eigenvalue weighted by Crippen LogP contribution is 2.26. The fourth-order valence-corrected chi connectivity index (χ4v) is 3.36. The van der Waals surface area contributed by atoms with Crippen LogP contribution in [0.2, 0.25) is 0 Å². The summed E-state index contributed by atoms with van der Waals surface area (Å²) in [6.07, 6.45) is 1.73. The molecule has 0 spiro atoms. The summed E-state index contributed by atoms with van der Waals surface area (Å²) >= 11 is 0. The van der Waals surface area contributed by atoms with Crippen LogP contribution in [-0.4, -0.2) is 35.6 Å². The molecule has 2 aromatic carbocycles. The van der Waals surface area contributed by atoms with Gasteiger partial charge in [-0.05, 0) is 17.2 Å². The van der Waals surface area contributed by atoms with E-state index in [1.54, 1.807) is 6.20 Å². The number of pyridine rings is 1. The molecule has 3 aromatic rings. The summed E-state index contributed by atoms with van der Waals surface area (Å²) in [7, 11) is 0. The highest BCUT2D eigenvalue weighted by molar-refractivity contribution is 5.79. The van der Waals surface area contributed by atoms with Crippen molar-refractivity contribution in [2.24, 2.45) is 0 Å². The molecule has 0 N–H and O–H groups in total. The van der Waals surface area contributed by atoms with Crippen LogP contribution in [0, 0.1) is 0 Å². The Balaban J connectivity index is 1.47. The van der Waals surface area contributed by atoms with Crippen LogP contribution in [0.1, 0.15) is 11.1 Å². The van der Waals surface area contributed by atoms with Gasteiger partial charge in [-0.1, -0.05) is 66.7 Å². The van der Waals surface area contributed by atoms with Crippen LogP contribution in [0.3, 0.4) is 0 Å². The molecule has 29 heavy (non-hydrogen) atoms. The summed E-state index contributed by atoms with van der Waals surface area (Å²) in [5, 5.41) is 1.44. The van der Waals surface area contributed by atoms with Crippen LogP contribution in [0.4, 0.5) is 5.82 Å². The van der Waals surface area contributed by atoms with E-state index >= 15 is 0 Å². The standard InChI is InChI=1S/C23H24N3O3/c27-23-17-26(22-13-7-8-14-24-22,29-19-21-11-5-2-6-12-21)16-15-25(23)28-18-20-9-3-1-4-10-20/h1-14H,15-19H2/q+1. The molecule has 1 aliphatic rings. The first-order valence-corrected chi connectivity index (χ1v) is 9.70. The normalized spacial score (nSPS) is 19.3. The van der Waals surface area contributed by atoms with Crippen LogP contribution < -0.4 is 4.65 Å². The highest BCUT2D eigenvalue weighted by Gasteiger charge is 2.44. The average molecular weight is 390 g/mol. The quantitative estimate of drug-likeness (QED) is 0.580. The van der Waals surface area contributed by atoms with Gasteiger partial charge in [0.15, 0.2) is 6.54 Å². The van der Waals surface area contributed by atoms with E-state index < -0.39 is 0 Å². The molecule has 1 fully saturated rings. The largest absolute Gasteiger partial charge is 0.305 e. The molecule has 1 amide bonds. The molecule has 6 nitrogen and oxygen atoms in total. The number of nitrogens with zero attached hydrogens (tertiary/aromatic N) is 3. The third-order valence-electron chi connectivity index (χ3n) is 4.95. The van der Waals surface area contributed by atoms with E-state index in [1.807, 2.05) is 78.9 Å². The van der Waals surface area contributed by atoms with Crippen LogP contribution in [0.15, 0.2) is 85.1 Å². The van der Waals surface area contributed by atoms with Crippen molar-refractivity contribution in [3.63, 3.8) is 0 Å². The van der Waals surface area contributed by atoms with Crippen molar-refractivity contribution in [3.8, 4) is 0 Å². The summed E-state index contributed by atoms with van der Waals surface area (Å²) in [6.45, 7) is 1.89. The van der Waals surface area contributed by atoms with Crippen LogP contribution in [0.5, 0.6) is 0 Å². The first-order valence-electron chi connectivity index (χ1n) is 9.70. The van der Waals surface area contributed by atoms with E-state index in [9.17, 15) is 4.79 Å². The number of carbonyl (C=O) groups is 1. The summed E-state index contributed by atoms with van der Waals surface area (Å²) in [4.78, 5) is 29.4. The summed E-state index contributed by atoms with van der Waals surface area (Å²) < 4.78 is 0.0553. The molecule has 1 unspecified atom stereocenters. The van der Waals surface area contributed by atoms with E-state index in [4.69, 9.17) is 9.68 Å². The lowest BCUT2D eigenvalue weighted by molar-refractivity contribution is -0.235. The molecule has 1 atom stereocenters. The Morgan fingerprint density at radius 1 is 0.862 bits per heavy atom. The third-order valence-corrected chi connectivity index (χ3v) is 4.95. The molecule has 0 bridgehead atoms. The van der Waals surface area contributed by atoms with Crippen molar-refractivity contribution in [1.29, 1.82) is 0 Å². The minimum atomic E-state index is -0.120. The van der Waals surface area contributed by atoms with Gasteiger partial charge in [0.25, 0.3) is 5.82 Å². The maximum Gasteiger partial charge on any atom is 0.305 e. The number of piperazine rings is 1. The van der Waals surface area contributed by atoms with Gasteiger partial charge in [-0.25, -0.2) is 10.0 Å². The maximum atomic E-state index is 12.9. The molecule has 148 valence electrons. The van der Waals surface area contributed by atoms with E-state index in [0.717, 1.165) is 16.9 Å². The lowest BCUT2D eigenvalue weighted by atomic mass is 10.2. The molecule has 0 radical (unpaired) electrons. The number of hydroxylamine groups is 4. The highest BCUT2D eigenvalue weighted by atomic mass is 16.7. The van der Waals surface area contributed by atoms with Gasteiger partial charge >= 0.3 is 5.91 Å². The predicted molar refractivity (Wildman–Crippen MR) is 110 cm³/mol. The second kappa shape index (κ2) is 8.96. The van der Waals surface area contributed by atoms with Gasteiger partial charge in [-0.3, -0.25) is 9.63 Å². The van der Waals surface area contributed by atoms with Gasteiger partial charge in [0.1, 0.15) is 26.3 Å². The summed E-state index contributed by atoms with van der Waals surface area (Å²) in [5.74, 6) is 0.602. The molecule has 1 aromatic heterocycles. The van der Waals surface area contributed by atoms with Crippen molar-refractivity contribution in [2.75, 3.05) is 19.6 Å². The molecule has 0 aliphatic carbocycles. The zero-order chi connectivity index (χ0) is 19.9. The molecule has 4 rings (SSSR count). The Morgan fingerprint density at radius 3 is 2.14 bits per heavy atom. The zero-order valence-corrected chi connectivity index (χ0v) is 16.2. The Morgan fingerprint density at radius 2 is 1.52 bits per heavy atom. The topological polar surface area (TPSA) is 51.7 Å². The van der Waals surface area contributed by atoms with Gasteiger partial charge in [0, 0.05) is 12.3 Å². The average Bonchev–Trinajstić information content (AvgIpc) is 2.79. The van der Waals surface area contributed by atoms with Gasteiger partial charge < -0.3 is 0 Å². The molecular weight excluding hydrogens is 366 g/mol. The van der Waals surface area contributed by atoms with E-state index in [1.165, 1.54) is 5.06 Å². The number of hydrogen-bond donors (Lipinski definition) is 0. The van der Waals surface area contributed by atoms with Crippen molar-refractivity contribution < 1.29 is 14.5 Å². The number of amides is 1. The Labute approximate surface area is 170 Å². The van der Waals surface area contributed by atoms with Crippen LogP contribution >= 0.6 is 0 Å². The fourth-order valence-electron chi connectivity index (χ4n) is 3.36. The number of benzene rings is 2. The Bertz CT molecular complexity index is 922. The number of hydrogen-bond acceptors (Lipinski definition) is 4. The number of quaternary nitrogens is 1. The fraction of sp³-hybridized carbons (Fsp3) is 0.217. The van der Waals surface area contributed by atoms with Gasteiger partial charge in [0.2, 0.25) is 0 Å². The van der Waals surface area contributed by atoms with E-state index in [-0.39, 0.29) is 17.1 Å². The van der Waals surface area contributed by atoms with Crippen molar-refractivity contribution in [1.82, 2.24) is 14.7 Å². The number of rotatable bonds is 7. The molecule has 1 saturated heterocycles. The SMILES string of the molecule is O=C1C[N+](OCc2ccccc2)(c2ccccn2)CCN1OCc1ccccc1. The van der Waals surface area contributed by atoms with Gasteiger partial charge in [0.05, 0.1) is 0 Å². The summed E-state index contributed by atoms with van der Waals surface area (Å²) in [5.41, 5.74) is 2.08. The first-order chi connectivity index (χ1) is 14.3. The smallest absolute Gasteiger partial charge is 0.266 e. The number of carbonyl (C=O) groups excluding carboxylic acids is 1. The lowest BCUT2D eigenvalue weighted by Crippen LogP contribution is -2.63.